The molecule has 0 bridgehead atoms. The van der Waals surface area contributed by atoms with Crippen molar-refractivity contribution in [3.05, 3.63) is 29.8 Å². The average Bonchev–Trinajstić information content (AvgIpc) is 2.60. The van der Waals surface area contributed by atoms with Gasteiger partial charge in [-0.25, -0.2) is 0 Å². The van der Waals surface area contributed by atoms with Crippen LogP contribution < -0.4 is 4.74 Å². The van der Waals surface area contributed by atoms with E-state index in [0.29, 0.717) is 11.3 Å². The SMILES string of the molecule is COC(=O)[C@]1(C#N)[C@H](C)[C@@H](c2ccc(OC)cc2)C1(C#N)C#N. The number of nitriles is 3. The van der Waals surface area contributed by atoms with Crippen LogP contribution in [0.2, 0.25) is 0 Å². The lowest BCUT2D eigenvalue weighted by Gasteiger charge is -2.56. The molecule has 1 aromatic carbocycles. The maximum Gasteiger partial charge on any atom is 0.329 e. The summed E-state index contributed by atoms with van der Waals surface area (Å²) in [6.07, 6.45) is 0. The van der Waals surface area contributed by atoms with E-state index in [0.717, 1.165) is 7.11 Å². The fourth-order valence-corrected chi connectivity index (χ4v) is 3.57. The number of ether oxygens (including phenoxy) is 2. The number of benzene rings is 1. The summed E-state index contributed by atoms with van der Waals surface area (Å²) in [4.78, 5) is 12.2. The Morgan fingerprint density at radius 1 is 1.09 bits per heavy atom. The van der Waals surface area contributed by atoms with Crippen molar-refractivity contribution in [2.75, 3.05) is 14.2 Å². The Labute approximate surface area is 134 Å². The molecule has 0 N–H and O–H groups in total. The van der Waals surface area contributed by atoms with Gasteiger partial charge in [-0.1, -0.05) is 19.1 Å². The first-order valence-electron chi connectivity index (χ1n) is 6.95. The third-order valence-electron chi connectivity index (χ3n) is 4.78. The molecule has 6 nitrogen and oxygen atoms in total. The fraction of sp³-hybridized carbons (Fsp3) is 0.412. The van der Waals surface area contributed by atoms with Crippen LogP contribution in [0.3, 0.4) is 0 Å². The minimum absolute atomic E-state index is 0.535. The van der Waals surface area contributed by atoms with E-state index in [9.17, 15) is 20.6 Å². The molecule has 1 saturated carbocycles. The van der Waals surface area contributed by atoms with Crippen molar-refractivity contribution in [3.8, 4) is 24.0 Å². The molecule has 0 heterocycles. The molecule has 1 aromatic rings. The average molecular weight is 309 g/mol. The molecule has 1 fully saturated rings. The zero-order valence-corrected chi connectivity index (χ0v) is 13.0. The van der Waals surface area contributed by atoms with E-state index in [-0.39, 0.29) is 0 Å². The van der Waals surface area contributed by atoms with Gasteiger partial charge in [0.05, 0.1) is 32.4 Å². The van der Waals surface area contributed by atoms with E-state index < -0.39 is 28.6 Å². The van der Waals surface area contributed by atoms with E-state index in [1.54, 1.807) is 31.2 Å². The van der Waals surface area contributed by atoms with Gasteiger partial charge in [-0.3, -0.25) is 4.79 Å². The first-order valence-corrected chi connectivity index (χ1v) is 6.95. The lowest BCUT2D eigenvalue weighted by Crippen LogP contribution is -2.65. The molecule has 116 valence electrons. The maximum atomic E-state index is 12.2. The van der Waals surface area contributed by atoms with Crippen LogP contribution in [-0.2, 0) is 9.53 Å². The molecular weight excluding hydrogens is 294 g/mol. The summed E-state index contributed by atoms with van der Waals surface area (Å²) in [5, 5.41) is 28.9. The Bertz CT molecular complexity index is 737. The summed E-state index contributed by atoms with van der Waals surface area (Å²) in [7, 11) is 2.68. The summed E-state index contributed by atoms with van der Waals surface area (Å²) < 4.78 is 9.81. The molecule has 0 radical (unpaired) electrons. The third-order valence-corrected chi connectivity index (χ3v) is 4.78. The predicted octanol–water partition coefficient (Wildman–Crippen LogP) is 2.15. The Morgan fingerprint density at radius 2 is 1.65 bits per heavy atom. The first kappa shape index (κ1) is 16.3. The molecule has 6 heteroatoms. The van der Waals surface area contributed by atoms with Gasteiger partial charge >= 0.3 is 5.97 Å². The second-order valence-electron chi connectivity index (χ2n) is 5.48. The molecule has 0 unspecified atom stereocenters. The smallest absolute Gasteiger partial charge is 0.329 e. The lowest BCUT2D eigenvalue weighted by atomic mass is 9.38. The Kier molecular flexibility index (Phi) is 4.00. The minimum Gasteiger partial charge on any atom is -0.497 e. The van der Waals surface area contributed by atoms with Crippen molar-refractivity contribution >= 4 is 5.97 Å². The standard InChI is InChI=1S/C17H15N3O3/c1-11-14(12-4-6-13(22-2)7-5-12)16(8-18,9-19)17(11,10-20)15(21)23-3/h4-7,11,14H,1-3H3/t11-,14+,17+/m1/s1. The largest absolute Gasteiger partial charge is 0.497 e. The van der Waals surface area contributed by atoms with Crippen LogP contribution in [-0.4, -0.2) is 20.2 Å². The number of rotatable bonds is 3. The predicted molar refractivity (Wildman–Crippen MR) is 78.6 cm³/mol. The highest BCUT2D eigenvalue weighted by molar-refractivity contribution is 5.86. The van der Waals surface area contributed by atoms with Crippen molar-refractivity contribution in [2.24, 2.45) is 16.7 Å². The summed E-state index contributed by atoms with van der Waals surface area (Å²) in [6.45, 7) is 1.68. The maximum absolute atomic E-state index is 12.2. The molecule has 1 aliphatic rings. The number of methoxy groups -OCH3 is 2. The van der Waals surface area contributed by atoms with Crippen LogP contribution >= 0.6 is 0 Å². The molecule has 2 rings (SSSR count). The van der Waals surface area contributed by atoms with E-state index >= 15 is 0 Å². The van der Waals surface area contributed by atoms with Gasteiger partial charge < -0.3 is 9.47 Å². The van der Waals surface area contributed by atoms with Gasteiger partial charge in [-0.15, -0.1) is 0 Å². The monoisotopic (exact) mass is 309 g/mol. The van der Waals surface area contributed by atoms with Crippen molar-refractivity contribution in [3.63, 3.8) is 0 Å². The lowest BCUT2D eigenvalue weighted by molar-refractivity contribution is -0.171. The molecule has 23 heavy (non-hydrogen) atoms. The zero-order chi connectivity index (χ0) is 17.3. The number of nitrogens with zero attached hydrogens (tertiary/aromatic N) is 3. The van der Waals surface area contributed by atoms with Crippen LogP contribution in [0.25, 0.3) is 0 Å². The molecular formula is C17H15N3O3. The highest BCUT2D eigenvalue weighted by Gasteiger charge is 2.77. The van der Waals surface area contributed by atoms with Gasteiger partial charge in [0.1, 0.15) is 5.75 Å². The van der Waals surface area contributed by atoms with Crippen molar-refractivity contribution < 1.29 is 14.3 Å². The Hall–Kier alpha value is -3.04. The molecule has 0 spiro atoms. The fourth-order valence-electron chi connectivity index (χ4n) is 3.57. The van der Waals surface area contributed by atoms with Crippen LogP contribution in [0.4, 0.5) is 0 Å². The number of carbonyl (C=O) groups is 1. The number of esters is 1. The van der Waals surface area contributed by atoms with Gasteiger partial charge in [0.15, 0.2) is 10.8 Å². The van der Waals surface area contributed by atoms with E-state index in [2.05, 4.69) is 0 Å². The molecule has 0 amide bonds. The van der Waals surface area contributed by atoms with Crippen molar-refractivity contribution in [2.45, 2.75) is 12.8 Å². The van der Waals surface area contributed by atoms with Crippen LogP contribution in [0.15, 0.2) is 24.3 Å². The van der Waals surface area contributed by atoms with Gasteiger partial charge in [-0.2, -0.15) is 15.8 Å². The molecule has 0 saturated heterocycles. The van der Waals surface area contributed by atoms with Crippen LogP contribution in [0, 0.1) is 50.7 Å². The Balaban J connectivity index is 2.59. The van der Waals surface area contributed by atoms with Crippen molar-refractivity contribution in [1.82, 2.24) is 0 Å². The highest BCUT2D eigenvalue weighted by atomic mass is 16.5. The number of carbonyl (C=O) groups excluding carboxylic acids is 1. The topological polar surface area (TPSA) is 107 Å². The molecule has 1 aliphatic carbocycles. The number of hydrogen-bond acceptors (Lipinski definition) is 6. The van der Waals surface area contributed by atoms with Crippen LogP contribution in [0.1, 0.15) is 18.4 Å². The zero-order valence-electron chi connectivity index (χ0n) is 13.0. The van der Waals surface area contributed by atoms with Gasteiger partial charge in [-0.05, 0) is 23.6 Å². The van der Waals surface area contributed by atoms with Gasteiger partial charge in [0.25, 0.3) is 0 Å². The van der Waals surface area contributed by atoms with E-state index in [1.807, 2.05) is 18.2 Å². The van der Waals surface area contributed by atoms with Gasteiger partial charge in [0, 0.05) is 5.92 Å². The summed E-state index contributed by atoms with van der Waals surface area (Å²) in [5.74, 6) is -1.31. The quantitative estimate of drug-likeness (QED) is 0.792. The van der Waals surface area contributed by atoms with Gasteiger partial charge in [0.2, 0.25) is 0 Å². The number of hydrogen-bond donors (Lipinski definition) is 0. The van der Waals surface area contributed by atoms with Crippen molar-refractivity contribution in [1.29, 1.82) is 15.8 Å². The molecule has 0 aliphatic heterocycles. The second-order valence-corrected chi connectivity index (χ2v) is 5.48. The van der Waals surface area contributed by atoms with E-state index in [4.69, 9.17) is 9.47 Å². The second kappa shape index (κ2) is 5.63. The van der Waals surface area contributed by atoms with E-state index in [1.165, 1.54) is 7.11 Å². The summed E-state index contributed by atoms with van der Waals surface area (Å²) >= 11 is 0. The third kappa shape index (κ3) is 1.81. The minimum atomic E-state index is -1.80. The molecule has 3 atom stereocenters. The normalized spacial score (nSPS) is 27.5. The molecule has 0 aromatic heterocycles. The summed E-state index contributed by atoms with van der Waals surface area (Å²) in [6, 6.07) is 12.6. The summed E-state index contributed by atoms with van der Waals surface area (Å²) in [5.41, 5.74) is -2.88. The highest BCUT2D eigenvalue weighted by Crippen LogP contribution is 2.68. The van der Waals surface area contributed by atoms with Crippen LogP contribution in [0.5, 0.6) is 5.75 Å². The first-order chi connectivity index (χ1) is 11.0. The Morgan fingerprint density at radius 3 is 2.04 bits per heavy atom.